The minimum atomic E-state index is -0.303. The van der Waals surface area contributed by atoms with E-state index in [2.05, 4.69) is 21.3 Å². The summed E-state index contributed by atoms with van der Waals surface area (Å²) in [5.41, 5.74) is 1.82. The number of nitrogens with one attached hydrogen (secondary N) is 4. The molecule has 2 unspecified atom stereocenters. The predicted molar refractivity (Wildman–Crippen MR) is 117 cm³/mol. The Morgan fingerprint density at radius 2 is 1.37 bits per heavy atom. The van der Waals surface area contributed by atoms with Crippen LogP contribution in [0.2, 0.25) is 0 Å². The second kappa shape index (κ2) is 10.7. The van der Waals surface area contributed by atoms with Gasteiger partial charge in [-0.15, -0.1) is 0 Å². The first kappa shape index (κ1) is 21.7. The van der Waals surface area contributed by atoms with E-state index in [9.17, 15) is 4.79 Å². The Morgan fingerprint density at radius 3 is 1.93 bits per heavy atom. The molecule has 1 aliphatic heterocycles. The van der Waals surface area contributed by atoms with Gasteiger partial charge in [0, 0.05) is 57.3 Å². The van der Waals surface area contributed by atoms with E-state index in [-0.39, 0.29) is 5.97 Å². The Morgan fingerprint density at radius 1 is 0.833 bits per heavy atom. The van der Waals surface area contributed by atoms with Crippen LogP contribution in [0, 0.1) is 0 Å². The topological polar surface area (TPSA) is 87.3 Å². The summed E-state index contributed by atoms with van der Waals surface area (Å²) in [6.45, 7) is 4.80. The van der Waals surface area contributed by atoms with Gasteiger partial charge >= 0.3 is 5.97 Å². The van der Waals surface area contributed by atoms with Crippen LogP contribution in [-0.2, 0) is 17.9 Å². The molecular weight excluding hydrogens is 378 g/mol. The third-order valence-corrected chi connectivity index (χ3v) is 6.79. The molecule has 0 saturated heterocycles. The summed E-state index contributed by atoms with van der Waals surface area (Å²) in [7, 11) is 0. The highest BCUT2D eigenvalue weighted by Crippen LogP contribution is 2.23. The van der Waals surface area contributed by atoms with E-state index in [1.54, 1.807) is 0 Å². The van der Waals surface area contributed by atoms with E-state index in [1.165, 1.54) is 58.3 Å². The maximum atomic E-state index is 11.6. The number of esters is 1. The van der Waals surface area contributed by atoms with Crippen molar-refractivity contribution in [1.29, 1.82) is 0 Å². The highest BCUT2D eigenvalue weighted by Gasteiger charge is 2.27. The lowest BCUT2D eigenvalue weighted by Crippen LogP contribution is -2.53. The molecule has 2 aliphatic carbocycles. The lowest BCUT2D eigenvalue weighted by atomic mass is 9.89. The van der Waals surface area contributed by atoms with Crippen molar-refractivity contribution in [2.75, 3.05) is 13.1 Å². The molecule has 4 atom stereocenters. The van der Waals surface area contributed by atoms with Gasteiger partial charge < -0.3 is 26.0 Å². The fourth-order valence-corrected chi connectivity index (χ4v) is 5.22. The first-order valence-electron chi connectivity index (χ1n) is 11.8. The number of fused-ring (bicyclic) bond motifs is 4. The monoisotopic (exact) mass is 415 g/mol. The average Bonchev–Trinajstić information content (AvgIpc) is 2.76. The molecule has 4 N–H and O–H groups in total. The number of pyridine rings is 1. The number of aromatic nitrogens is 1. The zero-order valence-electron chi connectivity index (χ0n) is 18.2. The van der Waals surface area contributed by atoms with Crippen LogP contribution in [-0.4, -0.2) is 48.2 Å². The van der Waals surface area contributed by atoms with Crippen molar-refractivity contribution in [2.45, 2.75) is 95.5 Å². The Hall–Kier alpha value is -1.54. The number of rotatable bonds is 1. The fraction of sp³-hybridized carbons (Fsp3) is 0.739. The van der Waals surface area contributed by atoms with Crippen molar-refractivity contribution in [2.24, 2.45) is 0 Å². The lowest BCUT2D eigenvalue weighted by molar-refractivity contribution is -0.131. The Bertz CT molecular complexity index is 713. The molecule has 30 heavy (non-hydrogen) atoms. The van der Waals surface area contributed by atoms with E-state index in [0.29, 0.717) is 36.5 Å². The minimum Gasteiger partial charge on any atom is -0.425 e. The third-order valence-electron chi connectivity index (χ3n) is 6.79. The van der Waals surface area contributed by atoms with E-state index in [1.807, 2.05) is 12.1 Å². The zero-order valence-corrected chi connectivity index (χ0v) is 18.2. The number of carbonyl (C=O) groups is 1. The highest BCUT2D eigenvalue weighted by atomic mass is 16.5. The van der Waals surface area contributed by atoms with Crippen LogP contribution in [0.1, 0.15) is 69.7 Å². The standard InChI is InChI=1S/C23H37N5O2/c1-16(29)30-23-11-10-17-14-26-20-8-4-2-6-18(20)24-12-13-25-19-7-3-5-9-21(19)27-15-22(23)28-17/h10-11,18-21,24-27H,2-9,12-15H2,1H3/t18?,19-,20?,21-/m1/s1. The average molecular weight is 416 g/mol. The molecule has 2 heterocycles. The second-order valence-electron chi connectivity index (χ2n) is 9.01. The summed E-state index contributed by atoms with van der Waals surface area (Å²) in [4.78, 5) is 16.4. The summed E-state index contributed by atoms with van der Waals surface area (Å²) in [6, 6.07) is 5.76. The molecular formula is C23H37N5O2. The zero-order chi connectivity index (χ0) is 20.8. The number of nitrogens with zero attached hydrogens (tertiary/aromatic N) is 1. The Labute approximate surface area is 180 Å². The summed E-state index contributed by atoms with van der Waals surface area (Å²) < 4.78 is 5.45. The van der Waals surface area contributed by atoms with E-state index in [0.717, 1.165) is 31.0 Å². The van der Waals surface area contributed by atoms with Gasteiger partial charge in [0.1, 0.15) is 0 Å². The smallest absolute Gasteiger partial charge is 0.308 e. The van der Waals surface area contributed by atoms with Crippen LogP contribution < -0.4 is 26.0 Å². The van der Waals surface area contributed by atoms with Crippen LogP contribution in [0.4, 0.5) is 0 Å². The molecule has 0 spiro atoms. The first-order chi connectivity index (χ1) is 14.7. The number of hydrogen-bond donors (Lipinski definition) is 4. The molecule has 3 aliphatic rings. The third kappa shape index (κ3) is 5.78. The van der Waals surface area contributed by atoms with Crippen molar-refractivity contribution in [3.63, 3.8) is 0 Å². The SMILES string of the molecule is CC(=O)Oc1ccc2nc1CN[C@@H]1CCCC[C@H]1NCCNC1CCCCC1NC2. The van der Waals surface area contributed by atoms with Crippen LogP contribution >= 0.6 is 0 Å². The van der Waals surface area contributed by atoms with Gasteiger partial charge in [-0.3, -0.25) is 9.78 Å². The first-order valence-corrected chi connectivity index (χ1v) is 11.8. The van der Waals surface area contributed by atoms with Crippen molar-refractivity contribution in [3.05, 3.63) is 23.5 Å². The minimum absolute atomic E-state index is 0.303. The van der Waals surface area contributed by atoms with Gasteiger partial charge in [0.05, 0.1) is 11.4 Å². The van der Waals surface area contributed by atoms with E-state index >= 15 is 0 Å². The van der Waals surface area contributed by atoms with Gasteiger partial charge in [-0.1, -0.05) is 25.7 Å². The van der Waals surface area contributed by atoms with Gasteiger partial charge in [0.15, 0.2) is 5.75 Å². The van der Waals surface area contributed by atoms with E-state index < -0.39 is 0 Å². The molecule has 166 valence electrons. The van der Waals surface area contributed by atoms with Gasteiger partial charge in [0.2, 0.25) is 0 Å². The normalized spacial score (nSPS) is 30.8. The van der Waals surface area contributed by atoms with E-state index in [4.69, 9.17) is 9.72 Å². The summed E-state index contributed by atoms with van der Waals surface area (Å²) in [5, 5.41) is 15.0. The summed E-state index contributed by atoms with van der Waals surface area (Å²) in [5.74, 6) is 0.267. The Kier molecular flexibility index (Phi) is 7.71. The van der Waals surface area contributed by atoms with Gasteiger partial charge in [-0.05, 0) is 37.8 Å². The maximum absolute atomic E-state index is 11.6. The predicted octanol–water partition coefficient (Wildman–Crippen LogP) is 2.00. The molecule has 7 nitrogen and oxygen atoms in total. The number of hydrogen-bond acceptors (Lipinski definition) is 7. The molecule has 2 bridgehead atoms. The molecule has 0 amide bonds. The van der Waals surface area contributed by atoms with Gasteiger partial charge in [-0.2, -0.15) is 0 Å². The molecule has 1 aromatic heterocycles. The number of ether oxygens (including phenoxy) is 1. The number of carbonyl (C=O) groups excluding carboxylic acids is 1. The van der Waals surface area contributed by atoms with Crippen LogP contribution in [0.15, 0.2) is 12.1 Å². The molecule has 2 saturated carbocycles. The molecule has 4 rings (SSSR count). The quantitative estimate of drug-likeness (QED) is 0.522. The summed E-state index contributed by atoms with van der Waals surface area (Å²) in [6.07, 6.45) is 9.93. The van der Waals surface area contributed by atoms with Crippen LogP contribution in [0.3, 0.4) is 0 Å². The highest BCUT2D eigenvalue weighted by molar-refractivity contribution is 5.69. The largest absolute Gasteiger partial charge is 0.425 e. The molecule has 2 fully saturated rings. The summed E-state index contributed by atoms with van der Waals surface area (Å²) >= 11 is 0. The van der Waals surface area contributed by atoms with Crippen molar-refractivity contribution in [1.82, 2.24) is 26.3 Å². The fourth-order valence-electron chi connectivity index (χ4n) is 5.22. The van der Waals surface area contributed by atoms with Crippen molar-refractivity contribution < 1.29 is 9.53 Å². The van der Waals surface area contributed by atoms with Crippen LogP contribution in [0.5, 0.6) is 5.75 Å². The lowest BCUT2D eigenvalue weighted by Gasteiger charge is -2.34. The van der Waals surface area contributed by atoms with Gasteiger partial charge in [-0.25, -0.2) is 0 Å². The molecule has 7 heteroatoms. The van der Waals surface area contributed by atoms with Crippen molar-refractivity contribution >= 4 is 5.97 Å². The van der Waals surface area contributed by atoms with Crippen LogP contribution in [0.25, 0.3) is 0 Å². The maximum Gasteiger partial charge on any atom is 0.308 e. The van der Waals surface area contributed by atoms with Crippen molar-refractivity contribution in [3.8, 4) is 5.75 Å². The molecule has 1 aromatic rings. The van der Waals surface area contributed by atoms with Gasteiger partial charge in [0.25, 0.3) is 0 Å². The second-order valence-corrected chi connectivity index (χ2v) is 9.01. The molecule has 0 aromatic carbocycles. The molecule has 0 radical (unpaired) electrons. The Balaban J connectivity index is 1.55.